The van der Waals surface area contributed by atoms with E-state index >= 15 is 0 Å². The first-order valence-corrected chi connectivity index (χ1v) is 4.64. The quantitative estimate of drug-likeness (QED) is 0.734. The van der Waals surface area contributed by atoms with Gasteiger partial charge in [-0.3, -0.25) is 9.59 Å². The molecule has 0 saturated carbocycles. The lowest BCUT2D eigenvalue weighted by atomic mass is 10.00. The number of carboxylic acids is 1. The largest absolute Gasteiger partial charge is 0.480 e. The summed E-state index contributed by atoms with van der Waals surface area (Å²) in [6.45, 7) is 4.10. The molecule has 17 heavy (non-hydrogen) atoms. The minimum absolute atomic E-state index is 1.15. The van der Waals surface area contributed by atoms with Gasteiger partial charge in [-0.05, 0) is 20.8 Å². The van der Waals surface area contributed by atoms with Crippen LogP contribution in [0.2, 0.25) is 0 Å². The second-order valence-corrected chi connectivity index (χ2v) is 4.42. The molecule has 0 saturated heterocycles. The Morgan fingerprint density at radius 3 is 1.88 bits per heavy atom. The van der Waals surface area contributed by atoms with Crippen LogP contribution in [-0.2, 0) is 14.3 Å². The number of aliphatic carboxylic acids is 1. The smallest absolute Gasteiger partial charge is 0.404 e. The number of carboxylic acid groups (broad SMARTS) is 1. The van der Waals surface area contributed by atoms with Crippen LogP contribution in [0.25, 0.3) is 0 Å². The van der Waals surface area contributed by atoms with E-state index in [-0.39, 0.29) is 0 Å². The highest BCUT2D eigenvalue weighted by Gasteiger charge is 2.52. The Balaban J connectivity index is 5.09. The van der Waals surface area contributed by atoms with Crippen LogP contribution < -0.4 is 5.73 Å². The van der Waals surface area contributed by atoms with Crippen molar-refractivity contribution in [3.8, 4) is 0 Å². The first-order valence-electron chi connectivity index (χ1n) is 4.64. The van der Waals surface area contributed by atoms with Crippen molar-refractivity contribution >= 4 is 11.9 Å². The van der Waals surface area contributed by atoms with Crippen molar-refractivity contribution in [2.45, 2.75) is 38.6 Å². The number of ether oxygens (including phenoxy) is 1. The minimum atomic E-state index is -5.07. The van der Waals surface area contributed by atoms with Gasteiger partial charge in [-0.15, -0.1) is 0 Å². The lowest BCUT2D eigenvalue weighted by Crippen LogP contribution is -2.51. The zero-order valence-corrected chi connectivity index (χ0v) is 9.54. The van der Waals surface area contributed by atoms with Crippen LogP contribution in [0.1, 0.15) is 20.8 Å². The van der Waals surface area contributed by atoms with E-state index in [1.54, 1.807) is 0 Å². The van der Waals surface area contributed by atoms with Crippen LogP contribution in [0.5, 0.6) is 0 Å². The summed E-state index contributed by atoms with van der Waals surface area (Å²) in [5.41, 5.74) is 3.69. The molecule has 1 unspecified atom stereocenters. The lowest BCUT2D eigenvalue weighted by Gasteiger charge is -2.26. The maximum Gasteiger partial charge on any atom is 0.404 e. The Bertz CT molecular complexity index is 308. The van der Waals surface area contributed by atoms with Gasteiger partial charge in [-0.2, -0.15) is 13.2 Å². The fourth-order valence-corrected chi connectivity index (χ4v) is 0.992. The predicted molar refractivity (Wildman–Crippen MR) is 51.0 cm³/mol. The van der Waals surface area contributed by atoms with Crippen molar-refractivity contribution < 1.29 is 32.6 Å². The van der Waals surface area contributed by atoms with E-state index in [2.05, 4.69) is 4.74 Å². The number of rotatable bonds is 3. The van der Waals surface area contributed by atoms with Gasteiger partial charge >= 0.3 is 18.1 Å². The Kier molecular flexibility index (Phi) is 4.53. The first kappa shape index (κ1) is 15.7. The molecule has 5 nitrogen and oxygen atoms in total. The topological polar surface area (TPSA) is 89.6 Å². The third-order valence-corrected chi connectivity index (χ3v) is 1.66. The van der Waals surface area contributed by atoms with Crippen molar-refractivity contribution in [3.63, 3.8) is 0 Å². The Labute approximate surface area is 95.7 Å². The molecule has 0 fully saturated rings. The van der Waals surface area contributed by atoms with Crippen molar-refractivity contribution in [3.05, 3.63) is 0 Å². The zero-order chi connectivity index (χ0) is 14.0. The zero-order valence-electron chi connectivity index (χ0n) is 9.54. The van der Waals surface area contributed by atoms with Crippen LogP contribution in [0.3, 0.4) is 0 Å². The Morgan fingerprint density at radius 1 is 1.24 bits per heavy atom. The second kappa shape index (κ2) is 4.91. The van der Waals surface area contributed by atoms with E-state index in [1.165, 1.54) is 20.8 Å². The molecule has 100 valence electrons. The van der Waals surface area contributed by atoms with Gasteiger partial charge in [0, 0.05) is 0 Å². The molecule has 0 aromatic heterocycles. The summed E-state index contributed by atoms with van der Waals surface area (Å²) in [4.78, 5) is 21.7. The SMILES string of the molecule is CC(C)(C)OC(=O)C([C@H](N)C(=O)O)C(F)(F)F. The monoisotopic (exact) mass is 257 g/mol. The molecule has 0 rings (SSSR count). The summed E-state index contributed by atoms with van der Waals surface area (Å²) >= 11 is 0. The summed E-state index contributed by atoms with van der Waals surface area (Å²) in [5.74, 6) is -6.49. The second-order valence-electron chi connectivity index (χ2n) is 4.42. The average molecular weight is 257 g/mol. The number of hydrogen-bond donors (Lipinski definition) is 2. The average Bonchev–Trinajstić information content (AvgIpc) is 1.96. The normalized spacial score (nSPS) is 16.2. The van der Waals surface area contributed by atoms with Gasteiger partial charge < -0.3 is 15.6 Å². The van der Waals surface area contributed by atoms with E-state index in [4.69, 9.17) is 10.8 Å². The molecule has 0 spiro atoms. The number of nitrogens with two attached hydrogens (primary N) is 1. The van der Waals surface area contributed by atoms with E-state index in [1.807, 2.05) is 0 Å². The fourth-order valence-electron chi connectivity index (χ4n) is 0.992. The third kappa shape index (κ3) is 5.03. The first-order chi connectivity index (χ1) is 7.36. The maximum atomic E-state index is 12.5. The van der Waals surface area contributed by atoms with Gasteiger partial charge in [-0.1, -0.05) is 0 Å². The van der Waals surface area contributed by atoms with Gasteiger partial charge in [0.1, 0.15) is 11.6 Å². The van der Waals surface area contributed by atoms with Crippen molar-refractivity contribution in [2.24, 2.45) is 11.7 Å². The molecule has 0 aliphatic carbocycles. The van der Waals surface area contributed by atoms with Gasteiger partial charge in [0.2, 0.25) is 0 Å². The maximum absolute atomic E-state index is 12.5. The highest BCUT2D eigenvalue weighted by Crippen LogP contribution is 2.30. The summed E-state index contributed by atoms with van der Waals surface area (Å²) in [5, 5.41) is 8.43. The van der Waals surface area contributed by atoms with Crippen molar-refractivity contribution in [1.29, 1.82) is 0 Å². The molecule has 0 amide bonds. The molecule has 2 atom stereocenters. The molecule has 8 heteroatoms. The highest BCUT2D eigenvalue weighted by molar-refractivity contribution is 5.84. The standard InChI is InChI=1S/C9H14F3NO4/c1-8(2,3)17-7(16)4(9(10,11)12)5(13)6(14)15/h4-5H,13H2,1-3H3,(H,14,15)/t4?,5-/m0/s1. The summed E-state index contributed by atoms with van der Waals surface area (Å²) in [7, 11) is 0. The number of hydrogen-bond acceptors (Lipinski definition) is 4. The van der Waals surface area contributed by atoms with Crippen molar-refractivity contribution in [1.82, 2.24) is 0 Å². The molecule has 0 heterocycles. The highest BCUT2D eigenvalue weighted by atomic mass is 19.4. The van der Waals surface area contributed by atoms with Crippen LogP contribution in [0.4, 0.5) is 13.2 Å². The number of esters is 1. The number of alkyl halides is 3. The summed E-state index contributed by atoms with van der Waals surface area (Å²) < 4.78 is 42.0. The molecule has 3 N–H and O–H groups in total. The summed E-state index contributed by atoms with van der Waals surface area (Å²) in [6.07, 6.45) is -5.07. The lowest BCUT2D eigenvalue weighted by molar-refractivity contribution is -0.210. The van der Waals surface area contributed by atoms with E-state index in [0.29, 0.717) is 0 Å². The Hall–Kier alpha value is -1.31. The minimum Gasteiger partial charge on any atom is -0.480 e. The van der Waals surface area contributed by atoms with Crippen LogP contribution in [0.15, 0.2) is 0 Å². The molecule has 0 aliphatic rings. The van der Waals surface area contributed by atoms with E-state index in [9.17, 15) is 22.8 Å². The summed E-state index contributed by atoms with van der Waals surface area (Å²) in [6, 6.07) is -2.38. The molecular weight excluding hydrogens is 243 g/mol. The van der Waals surface area contributed by atoms with Gasteiger partial charge in [0.15, 0.2) is 5.92 Å². The molecule has 0 bridgehead atoms. The van der Waals surface area contributed by atoms with Crippen LogP contribution in [-0.4, -0.2) is 34.9 Å². The van der Waals surface area contributed by atoms with Gasteiger partial charge in [0.05, 0.1) is 0 Å². The van der Waals surface area contributed by atoms with Gasteiger partial charge in [0.25, 0.3) is 0 Å². The van der Waals surface area contributed by atoms with Crippen LogP contribution in [0, 0.1) is 5.92 Å². The molecular formula is C9H14F3NO4. The van der Waals surface area contributed by atoms with Crippen LogP contribution >= 0.6 is 0 Å². The van der Waals surface area contributed by atoms with Gasteiger partial charge in [-0.25, -0.2) is 0 Å². The molecule has 0 aromatic carbocycles. The van der Waals surface area contributed by atoms with E-state index in [0.717, 1.165) is 0 Å². The Morgan fingerprint density at radius 2 is 1.65 bits per heavy atom. The van der Waals surface area contributed by atoms with E-state index < -0.39 is 35.7 Å². The molecule has 0 aliphatic heterocycles. The molecule has 0 radical (unpaired) electrons. The number of halogens is 3. The third-order valence-electron chi connectivity index (χ3n) is 1.66. The number of carbonyl (C=O) groups is 2. The molecule has 0 aromatic rings. The van der Waals surface area contributed by atoms with Crippen molar-refractivity contribution in [2.75, 3.05) is 0 Å². The number of carbonyl (C=O) groups excluding carboxylic acids is 1. The predicted octanol–water partition coefficient (Wildman–Crippen LogP) is 0.918. The fraction of sp³-hybridized carbons (Fsp3) is 0.778.